The molecule has 0 radical (unpaired) electrons. The van der Waals surface area contributed by atoms with Crippen molar-refractivity contribution >= 4 is 27.7 Å². The number of aliphatic carboxylic acids is 1. The molecular weight excluding hydrogens is 332 g/mol. The Morgan fingerprint density at radius 2 is 1.62 bits per heavy atom. The molecule has 0 saturated carbocycles. The zero-order valence-corrected chi connectivity index (χ0v) is 13.3. The van der Waals surface area contributed by atoms with Crippen LogP contribution in [0.2, 0.25) is 0 Å². The summed E-state index contributed by atoms with van der Waals surface area (Å²) < 4.78 is 26.3. The Morgan fingerprint density at radius 1 is 1.00 bits per heavy atom. The molecule has 2 amide bonds. The normalized spacial score (nSPS) is 15.9. The van der Waals surface area contributed by atoms with Crippen molar-refractivity contribution in [3.05, 3.63) is 60.2 Å². The summed E-state index contributed by atoms with van der Waals surface area (Å²) in [4.78, 5) is 24.6. The SMILES string of the molecule is O=C(O)CN1C(=O)N(Cc2ccccc2)S(=O)(=O)c2ccccc21. The molecule has 24 heavy (non-hydrogen) atoms. The number of fused-ring (bicyclic) bond motifs is 1. The number of hydrogen-bond acceptors (Lipinski definition) is 4. The molecule has 2 aromatic carbocycles. The summed E-state index contributed by atoms with van der Waals surface area (Å²) in [5, 5.41) is 9.05. The van der Waals surface area contributed by atoms with Gasteiger partial charge in [0.1, 0.15) is 11.4 Å². The van der Waals surface area contributed by atoms with E-state index in [1.807, 2.05) is 0 Å². The second kappa shape index (κ2) is 5.97. The number of hydrogen-bond donors (Lipinski definition) is 1. The molecule has 0 aromatic heterocycles. The van der Waals surface area contributed by atoms with E-state index in [4.69, 9.17) is 5.11 Å². The molecular formula is C16H14N2O5S. The maximum Gasteiger partial charge on any atom is 0.339 e. The van der Waals surface area contributed by atoms with E-state index in [1.54, 1.807) is 36.4 Å². The van der Waals surface area contributed by atoms with Crippen LogP contribution in [-0.2, 0) is 21.4 Å². The van der Waals surface area contributed by atoms with Crippen molar-refractivity contribution in [3.63, 3.8) is 0 Å². The van der Waals surface area contributed by atoms with E-state index < -0.39 is 28.6 Å². The zero-order valence-electron chi connectivity index (χ0n) is 12.5. The summed E-state index contributed by atoms with van der Waals surface area (Å²) in [6.45, 7) is -0.775. The molecule has 2 aromatic rings. The van der Waals surface area contributed by atoms with Crippen molar-refractivity contribution in [2.24, 2.45) is 0 Å². The van der Waals surface area contributed by atoms with Gasteiger partial charge in [0.15, 0.2) is 0 Å². The van der Waals surface area contributed by atoms with Crippen LogP contribution in [0.25, 0.3) is 0 Å². The number of para-hydroxylation sites is 1. The number of rotatable bonds is 4. The molecule has 1 heterocycles. The quantitative estimate of drug-likeness (QED) is 0.912. The fraction of sp³-hybridized carbons (Fsp3) is 0.125. The molecule has 0 spiro atoms. The Morgan fingerprint density at radius 3 is 2.29 bits per heavy atom. The van der Waals surface area contributed by atoms with Gasteiger partial charge in [-0.2, -0.15) is 0 Å². The molecule has 0 aliphatic carbocycles. The van der Waals surface area contributed by atoms with Gasteiger partial charge in [0.05, 0.1) is 12.2 Å². The molecule has 8 heteroatoms. The number of carboxylic acids is 1. The van der Waals surface area contributed by atoms with E-state index in [-0.39, 0.29) is 17.1 Å². The average molecular weight is 346 g/mol. The van der Waals surface area contributed by atoms with E-state index in [1.165, 1.54) is 18.2 Å². The molecule has 0 bridgehead atoms. The predicted octanol–water partition coefficient (Wildman–Crippen LogP) is 1.90. The van der Waals surface area contributed by atoms with Gasteiger partial charge in [0.2, 0.25) is 0 Å². The van der Waals surface area contributed by atoms with Crippen molar-refractivity contribution in [1.29, 1.82) is 0 Å². The van der Waals surface area contributed by atoms with Gasteiger partial charge < -0.3 is 5.11 Å². The van der Waals surface area contributed by atoms with Gasteiger partial charge >= 0.3 is 12.0 Å². The first-order valence-electron chi connectivity index (χ1n) is 7.10. The topological polar surface area (TPSA) is 95.0 Å². The number of anilines is 1. The van der Waals surface area contributed by atoms with Gasteiger partial charge in [-0.05, 0) is 17.7 Å². The largest absolute Gasteiger partial charge is 0.480 e. The summed E-state index contributed by atoms with van der Waals surface area (Å²) in [5.41, 5.74) is 0.707. The number of sulfonamides is 1. The van der Waals surface area contributed by atoms with Crippen molar-refractivity contribution in [3.8, 4) is 0 Å². The highest BCUT2D eigenvalue weighted by atomic mass is 32.2. The third-order valence-corrected chi connectivity index (χ3v) is 5.40. The second-order valence-corrected chi connectivity index (χ2v) is 7.06. The van der Waals surface area contributed by atoms with Gasteiger partial charge in [0.25, 0.3) is 10.0 Å². The van der Waals surface area contributed by atoms with Crippen molar-refractivity contribution < 1.29 is 23.1 Å². The third kappa shape index (κ3) is 2.71. The monoisotopic (exact) mass is 346 g/mol. The molecule has 0 unspecified atom stereocenters. The molecule has 0 saturated heterocycles. The maximum absolute atomic E-state index is 12.8. The Labute approximate surface area is 138 Å². The number of benzene rings is 2. The lowest BCUT2D eigenvalue weighted by molar-refractivity contribution is -0.135. The second-order valence-electron chi connectivity index (χ2n) is 5.23. The van der Waals surface area contributed by atoms with Crippen LogP contribution in [-0.4, -0.2) is 36.4 Å². The molecule has 1 aliphatic heterocycles. The number of urea groups is 1. The maximum atomic E-state index is 12.8. The Hall–Kier alpha value is -2.87. The van der Waals surface area contributed by atoms with E-state index in [0.29, 0.717) is 9.87 Å². The van der Waals surface area contributed by atoms with E-state index >= 15 is 0 Å². The molecule has 1 aliphatic rings. The number of nitrogens with zero attached hydrogens (tertiary/aromatic N) is 2. The summed E-state index contributed by atoms with van der Waals surface area (Å²) in [6, 6.07) is 13.7. The van der Waals surface area contributed by atoms with Crippen LogP contribution >= 0.6 is 0 Å². The van der Waals surface area contributed by atoms with Gasteiger partial charge in [-0.3, -0.25) is 9.69 Å². The first kappa shape index (κ1) is 16.0. The van der Waals surface area contributed by atoms with Gasteiger partial charge in [-0.15, -0.1) is 0 Å². The fourth-order valence-electron chi connectivity index (χ4n) is 2.55. The van der Waals surface area contributed by atoms with Crippen LogP contribution in [0.4, 0.5) is 10.5 Å². The van der Waals surface area contributed by atoms with Crippen LogP contribution in [0.5, 0.6) is 0 Å². The minimum absolute atomic E-state index is 0.0780. The summed E-state index contributed by atoms with van der Waals surface area (Å²) >= 11 is 0. The number of carbonyl (C=O) groups is 2. The highest BCUT2D eigenvalue weighted by Crippen LogP contribution is 2.34. The van der Waals surface area contributed by atoms with Gasteiger partial charge in [-0.25, -0.2) is 17.5 Å². The lowest BCUT2D eigenvalue weighted by Crippen LogP contribution is -2.51. The zero-order chi connectivity index (χ0) is 17.3. The van der Waals surface area contributed by atoms with Gasteiger partial charge in [-0.1, -0.05) is 42.5 Å². The Balaban J connectivity index is 2.10. The van der Waals surface area contributed by atoms with E-state index in [9.17, 15) is 18.0 Å². The first-order chi connectivity index (χ1) is 11.4. The van der Waals surface area contributed by atoms with Gasteiger partial charge in [0, 0.05) is 0 Å². The van der Waals surface area contributed by atoms with Crippen LogP contribution in [0.1, 0.15) is 5.56 Å². The lowest BCUT2D eigenvalue weighted by atomic mass is 10.2. The minimum atomic E-state index is -4.05. The Bertz CT molecular complexity index is 896. The van der Waals surface area contributed by atoms with Crippen LogP contribution in [0.15, 0.2) is 59.5 Å². The van der Waals surface area contributed by atoms with E-state index in [2.05, 4.69) is 0 Å². The third-order valence-electron chi connectivity index (χ3n) is 3.63. The fourth-order valence-corrected chi connectivity index (χ4v) is 4.10. The Kier molecular flexibility index (Phi) is 3.98. The summed E-state index contributed by atoms with van der Waals surface area (Å²) in [7, 11) is -4.05. The molecule has 124 valence electrons. The van der Waals surface area contributed by atoms with Crippen molar-refractivity contribution in [1.82, 2.24) is 4.31 Å². The summed E-state index contributed by atoms with van der Waals surface area (Å²) in [6.07, 6.45) is 0. The highest BCUT2D eigenvalue weighted by Gasteiger charge is 2.41. The summed E-state index contributed by atoms with van der Waals surface area (Å²) in [5.74, 6) is -1.22. The molecule has 0 fully saturated rings. The van der Waals surface area contributed by atoms with Crippen LogP contribution in [0.3, 0.4) is 0 Å². The lowest BCUT2D eigenvalue weighted by Gasteiger charge is -2.35. The van der Waals surface area contributed by atoms with Crippen LogP contribution in [0, 0.1) is 0 Å². The average Bonchev–Trinajstić information content (AvgIpc) is 2.56. The smallest absolute Gasteiger partial charge is 0.339 e. The predicted molar refractivity (Wildman–Crippen MR) is 86.0 cm³/mol. The van der Waals surface area contributed by atoms with Crippen molar-refractivity contribution in [2.45, 2.75) is 11.4 Å². The standard InChI is InChI=1S/C16H14N2O5S/c19-15(20)11-17-13-8-4-5-9-14(13)24(22,23)18(16(17)21)10-12-6-2-1-3-7-12/h1-9H,10-11H2,(H,19,20). The number of amides is 2. The molecule has 0 atom stereocenters. The number of carboxylic acid groups (broad SMARTS) is 1. The number of carbonyl (C=O) groups excluding carboxylic acids is 1. The molecule has 3 rings (SSSR count). The van der Waals surface area contributed by atoms with Crippen LogP contribution < -0.4 is 4.90 Å². The molecule has 1 N–H and O–H groups in total. The first-order valence-corrected chi connectivity index (χ1v) is 8.54. The minimum Gasteiger partial charge on any atom is -0.480 e. The van der Waals surface area contributed by atoms with Crippen molar-refractivity contribution in [2.75, 3.05) is 11.4 Å². The molecule has 7 nitrogen and oxygen atoms in total. The van der Waals surface area contributed by atoms with E-state index in [0.717, 1.165) is 4.90 Å². The highest BCUT2D eigenvalue weighted by molar-refractivity contribution is 7.90.